The van der Waals surface area contributed by atoms with E-state index in [1.165, 1.54) is 7.11 Å². The van der Waals surface area contributed by atoms with E-state index in [4.69, 9.17) is 14.6 Å². The van der Waals surface area contributed by atoms with Crippen LogP contribution in [-0.4, -0.2) is 25.3 Å². The number of ether oxygens (including phenoxy) is 2. The number of rotatable bonds is 4. The van der Waals surface area contributed by atoms with Gasteiger partial charge in [0.25, 0.3) is 0 Å². The van der Waals surface area contributed by atoms with E-state index in [2.05, 4.69) is 0 Å². The van der Waals surface area contributed by atoms with Crippen molar-refractivity contribution >= 4 is 5.97 Å². The third-order valence-electron chi connectivity index (χ3n) is 2.28. The Balaban J connectivity index is 3.12. The molecule has 4 heteroatoms. The van der Waals surface area contributed by atoms with Crippen molar-refractivity contribution in [3.05, 3.63) is 23.8 Å². The zero-order valence-corrected chi connectivity index (χ0v) is 8.98. The molecular formula is C11H14O4. The molecule has 0 aliphatic rings. The summed E-state index contributed by atoms with van der Waals surface area (Å²) in [7, 11) is 3.06. The fourth-order valence-corrected chi connectivity index (χ4v) is 1.31. The Hall–Kier alpha value is -1.71. The molecule has 0 saturated carbocycles. The van der Waals surface area contributed by atoms with Gasteiger partial charge in [-0.25, -0.2) is 0 Å². The van der Waals surface area contributed by atoms with Crippen molar-refractivity contribution in [2.24, 2.45) is 0 Å². The smallest absolute Gasteiger partial charge is 0.310 e. The summed E-state index contributed by atoms with van der Waals surface area (Å²) in [5.74, 6) is -0.290. The zero-order valence-electron chi connectivity index (χ0n) is 8.98. The molecule has 0 aliphatic heterocycles. The standard InChI is InChI=1S/C11H14O4/c1-7(11(12)13)9-5-4-8(14-2)6-10(9)15-3/h4-7H,1-3H3,(H,12,13)/t7-/m0/s1. The molecule has 1 atom stereocenters. The molecule has 1 aromatic carbocycles. The first kappa shape index (κ1) is 11.4. The van der Waals surface area contributed by atoms with Crippen molar-refractivity contribution in [2.75, 3.05) is 14.2 Å². The van der Waals surface area contributed by atoms with Crippen LogP contribution in [0.15, 0.2) is 18.2 Å². The molecule has 1 N–H and O–H groups in total. The van der Waals surface area contributed by atoms with Gasteiger partial charge < -0.3 is 14.6 Å². The van der Waals surface area contributed by atoms with Gasteiger partial charge in [0.2, 0.25) is 0 Å². The number of carboxylic acid groups (broad SMARTS) is 1. The molecule has 0 amide bonds. The second-order valence-corrected chi connectivity index (χ2v) is 3.17. The van der Waals surface area contributed by atoms with Crippen LogP contribution in [0.3, 0.4) is 0 Å². The van der Waals surface area contributed by atoms with Crippen molar-refractivity contribution in [3.63, 3.8) is 0 Å². The SMILES string of the molecule is COc1ccc([C@H](C)C(=O)O)c(OC)c1. The van der Waals surface area contributed by atoms with E-state index >= 15 is 0 Å². The second-order valence-electron chi connectivity index (χ2n) is 3.17. The van der Waals surface area contributed by atoms with Gasteiger partial charge in [0, 0.05) is 11.6 Å². The summed E-state index contributed by atoms with van der Waals surface area (Å²) < 4.78 is 10.1. The zero-order chi connectivity index (χ0) is 11.4. The largest absolute Gasteiger partial charge is 0.497 e. The van der Waals surface area contributed by atoms with Crippen molar-refractivity contribution in [3.8, 4) is 11.5 Å². The minimum atomic E-state index is -0.876. The number of hydrogen-bond donors (Lipinski definition) is 1. The number of carboxylic acids is 1. The van der Waals surface area contributed by atoms with Gasteiger partial charge in [0.05, 0.1) is 20.1 Å². The number of aliphatic carboxylic acids is 1. The van der Waals surface area contributed by atoms with Crippen molar-refractivity contribution < 1.29 is 19.4 Å². The average Bonchev–Trinajstić information content (AvgIpc) is 2.27. The van der Waals surface area contributed by atoms with E-state index < -0.39 is 11.9 Å². The molecule has 15 heavy (non-hydrogen) atoms. The molecule has 0 aliphatic carbocycles. The summed E-state index contributed by atoms with van der Waals surface area (Å²) >= 11 is 0. The fourth-order valence-electron chi connectivity index (χ4n) is 1.31. The lowest BCUT2D eigenvalue weighted by Crippen LogP contribution is -2.08. The first-order valence-electron chi connectivity index (χ1n) is 4.55. The van der Waals surface area contributed by atoms with E-state index in [0.717, 1.165) is 0 Å². The third kappa shape index (κ3) is 2.40. The van der Waals surface area contributed by atoms with Crippen LogP contribution in [0.4, 0.5) is 0 Å². The average molecular weight is 210 g/mol. The van der Waals surface area contributed by atoms with E-state index in [1.807, 2.05) is 0 Å². The second kappa shape index (κ2) is 4.68. The van der Waals surface area contributed by atoms with E-state index in [0.29, 0.717) is 17.1 Å². The van der Waals surface area contributed by atoms with Crippen LogP contribution in [0, 0.1) is 0 Å². The Kier molecular flexibility index (Phi) is 3.55. The molecule has 0 bridgehead atoms. The lowest BCUT2D eigenvalue weighted by atomic mass is 10.0. The molecule has 0 unspecified atom stereocenters. The molecule has 0 saturated heterocycles. The van der Waals surface area contributed by atoms with Crippen molar-refractivity contribution in [1.29, 1.82) is 0 Å². The maximum absolute atomic E-state index is 10.8. The first-order chi connectivity index (χ1) is 7.10. The lowest BCUT2D eigenvalue weighted by Gasteiger charge is -2.13. The van der Waals surface area contributed by atoms with E-state index in [-0.39, 0.29) is 0 Å². The molecule has 0 heterocycles. The van der Waals surface area contributed by atoms with Crippen LogP contribution in [-0.2, 0) is 4.79 Å². The van der Waals surface area contributed by atoms with Crippen LogP contribution in [0.2, 0.25) is 0 Å². The molecule has 0 radical (unpaired) electrons. The summed E-state index contributed by atoms with van der Waals surface area (Å²) in [4.78, 5) is 10.8. The highest BCUT2D eigenvalue weighted by Gasteiger charge is 2.18. The highest BCUT2D eigenvalue weighted by Crippen LogP contribution is 2.30. The molecule has 82 valence electrons. The third-order valence-corrected chi connectivity index (χ3v) is 2.28. The van der Waals surface area contributed by atoms with Gasteiger partial charge in [0.1, 0.15) is 11.5 Å². The van der Waals surface area contributed by atoms with Gasteiger partial charge in [-0.3, -0.25) is 4.79 Å². The molecular weight excluding hydrogens is 196 g/mol. The van der Waals surface area contributed by atoms with Crippen LogP contribution < -0.4 is 9.47 Å². The van der Waals surface area contributed by atoms with Crippen LogP contribution in [0.1, 0.15) is 18.4 Å². The van der Waals surface area contributed by atoms with Crippen LogP contribution in [0.25, 0.3) is 0 Å². The monoisotopic (exact) mass is 210 g/mol. The van der Waals surface area contributed by atoms with Crippen molar-refractivity contribution in [2.45, 2.75) is 12.8 Å². The van der Waals surface area contributed by atoms with Gasteiger partial charge >= 0.3 is 5.97 Å². The predicted octanol–water partition coefficient (Wildman–Crippen LogP) is 1.89. The van der Waals surface area contributed by atoms with Crippen LogP contribution in [0.5, 0.6) is 11.5 Å². The number of carbonyl (C=O) groups is 1. The Morgan fingerprint density at radius 2 is 2.00 bits per heavy atom. The highest BCUT2D eigenvalue weighted by atomic mass is 16.5. The Bertz CT molecular complexity index is 360. The number of hydrogen-bond acceptors (Lipinski definition) is 3. The first-order valence-corrected chi connectivity index (χ1v) is 4.55. The number of methoxy groups -OCH3 is 2. The molecule has 0 spiro atoms. The summed E-state index contributed by atoms with van der Waals surface area (Å²) in [6, 6.07) is 5.10. The van der Waals surface area contributed by atoms with Gasteiger partial charge in [-0.1, -0.05) is 6.07 Å². The maximum Gasteiger partial charge on any atom is 0.310 e. The Morgan fingerprint density at radius 1 is 1.33 bits per heavy atom. The topological polar surface area (TPSA) is 55.8 Å². The van der Waals surface area contributed by atoms with Gasteiger partial charge in [0.15, 0.2) is 0 Å². The summed E-state index contributed by atoms with van der Waals surface area (Å²) in [6.07, 6.45) is 0. The van der Waals surface area contributed by atoms with Gasteiger partial charge in [-0.15, -0.1) is 0 Å². The van der Waals surface area contributed by atoms with E-state index in [9.17, 15) is 4.79 Å². The Labute approximate surface area is 88.4 Å². The summed E-state index contributed by atoms with van der Waals surface area (Å²) in [5, 5.41) is 8.90. The highest BCUT2D eigenvalue weighted by molar-refractivity contribution is 5.76. The molecule has 1 aromatic rings. The molecule has 0 aromatic heterocycles. The number of benzene rings is 1. The predicted molar refractivity (Wildman–Crippen MR) is 55.6 cm³/mol. The van der Waals surface area contributed by atoms with Crippen molar-refractivity contribution in [1.82, 2.24) is 0 Å². The minimum absolute atomic E-state index is 0.532. The van der Waals surface area contributed by atoms with E-state index in [1.54, 1.807) is 32.2 Å². The maximum atomic E-state index is 10.8. The van der Waals surface area contributed by atoms with Gasteiger partial charge in [-0.05, 0) is 13.0 Å². The summed E-state index contributed by atoms with van der Waals surface area (Å²) in [5.41, 5.74) is 0.644. The van der Waals surface area contributed by atoms with Gasteiger partial charge in [-0.2, -0.15) is 0 Å². The lowest BCUT2D eigenvalue weighted by molar-refractivity contribution is -0.138. The quantitative estimate of drug-likeness (QED) is 0.824. The molecule has 4 nitrogen and oxygen atoms in total. The molecule has 1 rings (SSSR count). The molecule has 0 fully saturated rings. The summed E-state index contributed by atoms with van der Waals surface area (Å²) in [6.45, 7) is 1.62. The Morgan fingerprint density at radius 3 is 2.47 bits per heavy atom. The van der Waals surface area contributed by atoms with Crippen LogP contribution >= 0.6 is 0 Å². The normalized spacial score (nSPS) is 11.9. The minimum Gasteiger partial charge on any atom is -0.497 e. The fraction of sp³-hybridized carbons (Fsp3) is 0.364.